The first-order valence-corrected chi connectivity index (χ1v) is 5.95. The van der Waals surface area contributed by atoms with E-state index in [1.54, 1.807) is 0 Å². The van der Waals surface area contributed by atoms with Crippen molar-refractivity contribution in [3.63, 3.8) is 0 Å². The number of carbonyl (C=O) groups is 1. The summed E-state index contributed by atoms with van der Waals surface area (Å²) in [4.78, 5) is 11.7. The van der Waals surface area contributed by atoms with Crippen LogP contribution in [0.4, 0.5) is 0 Å². The van der Waals surface area contributed by atoms with Gasteiger partial charge < -0.3 is 20.5 Å². The Kier molecular flexibility index (Phi) is 6.37. The molecule has 1 aliphatic rings. The summed E-state index contributed by atoms with van der Waals surface area (Å²) in [5.41, 5.74) is 0. The van der Waals surface area contributed by atoms with Crippen LogP contribution in [0.15, 0.2) is 0 Å². The van der Waals surface area contributed by atoms with E-state index < -0.39 is 0 Å². The largest absolute Gasteiger partial charge is 0.394 e. The maximum Gasteiger partial charge on any atom is 0.224 e. The van der Waals surface area contributed by atoms with E-state index in [1.165, 1.54) is 0 Å². The third-order valence-corrected chi connectivity index (χ3v) is 2.86. The standard InChI is InChI=1S/C11H22N2O3/c1-9-10(3-5-12-9)11(15)13-4-2-7-16-8-6-14/h9-10,12,14H,2-8H2,1H3,(H,13,15). The Bertz CT molecular complexity index is 211. The molecule has 2 atom stereocenters. The molecule has 0 aliphatic carbocycles. The van der Waals surface area contributed by atoms with Crippen molar-refractivity contribution in [2.45, 2.75) is 25.8 Å². The van der Waals surface area contributed by atoms with Crippen molar-refractivity contribution in [2.24, 2.45) is 5.92 Å². The number of rotatable bonds is 7. The summed E-state index contributed by atoms with van der Waals surface area (Å²) >= 11 is 0. The molecule has 94 valence electrons. The molecule has 5 heteroatoms. The Morgan fingerprint density at radius 3 is 3.00 bits per heavy atom. The average Bonchev–Trinajstić information content (AvgIpc) is 2.69. The van der Waals surface area contributed by atoms with Crippen molar-refractivity contribution in [3.05, 3.63) is 0 Å². The van der Waals surface area contributed by atoms with E-state index in [0.29, 0.717) is 19.8 Å². The Morgan fingerprint density at radius 1 is 1.56 bits per heavy atom. The topological polar surface area (TPSA) is 70.6 Å². The minimum Gasteiger partial charge on any atom is -0.394 e. The quantitative estimate of drug-likeness (QED) is 0.516. The second-order valence-electron chi connectivity index (χ2n) is 4.12. The van der Waals surface area contributed by atoms with Crippen LogP contribution in [0.25, 0.3) is 0 Å². The van der Waals surface area contributed by atoms with Gasteiger partial charge in [0.15, 0.2) is 0 Å². The monoisotopic (exact) mass is 230 g/mol. The predicted octanol–water partition coefficient (Wildman–Crippen LogP) is -0.500. The summed E-state index contributed by atoms with van der Waals surface area (Å²) in [5.74, 6) is 0.248. The van der Waals surface area contributed by atoms with Gasteiger partial charge in [-0.2, -0.15) is 0 Å². The molecule has 1 saturated heterocycles. The Labute approximate surface area is 96.6 Å². The summed E-state index contributed by atoms with van der Waals surface area (Å²) in [6.07, 6.45) is 1.72. The molecule has 1 amide bonds. The van der Waals surface area contributed by atoms with Crippen LogP contribution in [0.5, 0.6) is 0 Å². The molecule has 2 unspecified atom stereocenters. The summed E-state index contributed by atoms with van der Waals surface area (Å²) < 4.78 is 5.10. The van der Waals surface area contributed by atoms with E-state index in [9.17, 15) is 4.79 Å². The van der Waals surface area contributed by atoms with Crippen molar-refractivity contribution in [1.82, 2.24) is 10.6 Å². The zero-order chi connectivity index (χ0) is 11.8. The average molecular weight is 230 g/mol. The van der Waals surface area contributed by atoms with E-state index >= 15 is 0 Å². The van der Waals surface area contributed by atoms with E-state index in [1.807, 2.05) is 6.92 Å². The van der Waals surface area contributed by atoms with E-state index in [0.717, 1.165) is 19.4 Å². The molecule has 0 saturated carbocycles. The van der Waals surface area contributed by atoms with Gasteiger partial charge in [-0.05, 0) is 26.3 Å². The number of aliphatic hydroxyl groups is 1. The van der Waals surface area contributed by atoms with Crippen LogP contribution < -0.4 is 10.6 Å². The van der Waals surface area contributed by atoms with Crippen molar-refractivity contribution in [1.29, 1.82) is 0 Å². The number of carbonyl (C=O) groups excluding carboxylic acids is 1. The Hall–Kier alpha value is -0.650. The van der Waals surface area contributed by atoms with Gasteiger partial charge in [-0.3, -0.25) is 4.79 Å². The van der Waals surface area contributed by atoms with E-state index in [-0.39, 0.29) is 24.5 Å². The van der Waals surface area contributed by atoms with E-state index in [4.69, 9.17) is 9.84 Å². The van der Waals surface area contributed by atoms with Crippen LogP contribution in [-0.4, -0.2) is 50.0 Å². The lowest BCUT2D eigenvalue weighted by atomic mass is 10.0. The smallest absolute Gasteiger partial charge is 0.224 e. The normalized spacial score (nSPS) is 24.6. The molecule has 0 aromatic rings. The van der Waals surface area contributed by atoms with Crippen LogP contribution >= 0.6 is 0 Å². The summed E-state index contributed by atoms with van der Waals surface area (Å²) in [6, 6.07) is 0.283. The fraction of sp³-hybridized carbons (Fsp3) is 0.909. The van der Waals surface area contributed by atoms with Crippen molar-refractivity contribution in [3.8, 4) is 0 Å². The highest BCUT2D eigenvalue weighted by atomic mass is 16.5. The highest BCUT2D eigenvalue weighted by molar-refractivity contribution is 5.79. The second kappa shape index (κ2) is 7.60. The van der Waals surface area contributed by atoms with Gasteiger partial charge in [0.25, 0.3) is 0 Å². The maximum atomic E-state index is 11.7. The number of ether oxygens (including phenoxy) is 1. The van der Waals surface area contributed by atoms with Gasteiger partial charge in [0.2, 0.25) is 5.91 Å². The number of hydrogen-bond acceptors (Lipinski definition) is 4. The molecule has 0 spiro atoms. The van der Waals surface area contributed by atoms with Crippen LogP contribution in [0.1, 0.15) is 19.8 Å². The van der Waals surface area contributed by atoms with Gasteiger partial charge in [0.05, 0.1) is 19.1 Å². The molecule has 0 aromatic carbocycles. The minimum absolute atomic E-state index is 0.0532. The first-order valence-electron chi connectivity index (χ1n) is 5.95. The van der Waals surface area contributed by atoms with Crippen molar-refractivity contribution in [2.75, 3.05) is 32.9 Å². The molecule has 0 aromatic heterocycles. The second-order valence-corrected chi connectivity index (χ2v) is 4.12. The molecule has 16 heavy (non-hydrogen) atoms. The molecule has 1 heterocycles. The summed E-state index contributed by atoms with van der Waals surface area (Å²) in [5, 5.41) is 14.6. The van der Waals surface area contributed by atoms with Crippen LogP contribution in [0, 0.1) is 5.92 Å². The Balaban J connectivity index is 2.02. The Morgan fingerprint density at radius 2 is 2.38 bits per heavy atom. The van der Waals surface area contributed by atoms with Crippen molar-refractivity contribution < 1.29 is 14.6 Å². The summed E-state index contributed by atoms with van der Waals surface area (Å²) in [7, 11) is 0. The fourth-order valence-electron chi connectivity index (χ4n) is 1.90. The molecule has 0 bridgehead atoms. The first kappa shape index (κ1) is 13.4. The third kappa shape index (κ3) is 4.47. The highest BCUT2D eigenvalue weighted by Gasteiger charge is 2.28. The third-order valence-electron chi connectivity index (χ3n) is 2.86. The van der Waals surface area contributed by atoms with Gasteiger partial charge in [0.1, 0.15) is 0 Å². The molecule has 0 radical (unpaired) electrons. The van der Waals surface area contributed by atoms with Crippen molar-refractivity contribution >= 4 is 5.91 Å². The SMILES string of the molecule is CC1NCCC1C(=O)NCCCOCCO. The van der Waals surface area contributed by atoms with Crippen LogP contribution in [-0.2, 0) is 9.53 Å². The first-order chi connectivity index (χ1) is 7.75. The number of aliphatic hydroxyl groups excluding tert-OH is 1. The molecule has 1 rings (SSSR count). The van der Waals surface area contributed by atoms with E-state index in [2.05, 4.69) is 10.6 Å². The maximum absolute atomic E-state index is 11.7. The van der Waals surface area contributed by atoms with Gasteiger partial charge in [-0.25, -0.2) is 0 Å². The number of amides is 1. The molecular formula is C11H22N2O3. The summed E-state index contributed by atoms with van der Waals surface area (Å²) in [6.45, 7) is 4.63. The molecule has 5 nitrogen and oxygen atoms in total. The lowest BCUT2D eigenvalue weighted by Gasteiger charge is -2.14. The molecule has 3 N–H and O–H groups in total. The molecular weight excluding hydrogens is 208 g/mol. The molecule has 1 fully saturated rings. The van der Waals surface area contributed by atoms with Crippen LogP contribution in [0.2, 0.25) is 0 Å². The van der Waals surface area contributed by atoms with Gasteiger partial charge >= 0.3 is 0 Å². The highest BCUT2D eigenvalue weighted by Crippen LogP contribution is 2.14. The fourth-order valence-corrected chi connectivity index (χ4v) is 1.90. The zero-order valence-electron chi connectivity index (χ0n) is 9.87. The van der Waals surface area contributed by atoms with Gasteiger partial charge in [-0.15, -0.1) is 0 Å². The number of nitrogens with one attached hydrogen (secondary N) is 2. The molecule has 1 aliphatic heterocycles. The predicted molar refractivity (Wildman–Crippen MR) is 61.1 cm³/mol. The lowest BCUT2D eigenvalue weighted by Crippen LogP contribution is -2.37. The minimum atomic E-state index is 0.0532. The lowest BCUT2D eigenvalue weighted by molar-refractivity contribution is -0.125. The zero-order valence-corrected chi connectivity index (χ0v) is 9.87. The number of hydrogen-bond donors (Lipinski definition) is 3. The van der Waals surface area contributed by atoms with Gasteiger partial charge in [-0.1, -0.05) is 0 Å². The van der Waals surface area contributed by atoms with Crippen LogP contribution in [0.3, 0.4) is 0 Å². The van der Waals surface area contributed by atoms with Gasteiger partial charge in [0, 0.05) is 19.2 Å².